The third-order valence-corrected chi connectivity index (χ3v) is 5.59. The highest BCUT2D eigenvalue weighted by Crippen LogP contribution is 2.30. The molecule has 0 unspecified atom stereocenters. The van der Waals surface area contributed by atoms with Crippen molar-refractivity contribution in [2.75, 3.05) is 12.4 Å². The SMILES string of the molecule is CC(C)(C)C(=O)OCCS(=O)(=O)c1c(F)c(F)c(S(N)(=O)=O)c(F)c1F. The number of ether oxygens (including phenoxy) is 1. The van der Waals surface area contributed by atoms with Crippen molar-refractivity contribution in [1.29, 1.82) is 0 Å². The second-order valence-corrected chi connectivity index (χ2v) is 9.71. The average molecular weight is 421 g/mol. The summed E-state index contributed by atoms with van der Waals surface area (Å²) in [5, 5.41) is 4.46. The molecule has 0 aliphatic carbocycles. The quantitative estimate of drug-likeness (QED) is 0.434. The minimum atomic E-state index is -5.21. The molecule has 0 saturated heterocycles. The van der Waals surface area contributed by atoms with Crippen LogP contribution in [-0.2, 0) is 29.4 Å². The van der Waals surface area contributed by atoms with E-state index in [2.05, 4.69) is 9.88 Å². The number of sulfone groups is 1. The zero-order chi connectivity index (χ0) is 20.7. The maximum absolute atomic E-state index is 13.9. The van der Waals surface area contributed by atoms with Crippen molar-refractivity contribution in [2.45, 2.75) is 30.6 Å². The minimum absolute atomic E-state index is 0.824. The van der Waals surface area contributed by atoms with Crippen LogP contribution >= 0.6 is 0 Å². The fourth-order valence-corrected chi connectivity index (χ4v) is 3.59. The molecule has 26 heavy (non-hydrogen) atoms. The first-order chi connectivity index (χ1) is 11.5. The van der Waals surface area contributed by atoms with Gasteiger partial charge in [0.15, 0.2) is 38.0 Å². The number of hydrogen-bond donors (Lipinski definition) is 1. The summed E-state index contributed by atoms with van der Waals surface area (Å²) in [6, 6.07) is 0. The van der Waals surface area contributed by atoms with Crippen LogP contribution in [0.5, 0.6) is 0 Å². The molecule has 0 spiro atoms. The third kappa shape index (κ3) is 4.51. The van der Waals surface area contributed by atoms with Crippen LogP contribution in [0.25, 0.3) is 0 Å². The summed E-state index contributed by atoms with van der Waals surface area (Å²) in [6.45, 7) is 3.53. The second kappa shape index (κ2) is 7.12. The number of primary sulfonamides is 1. The molecule has 0 aliphatic heterocycles. The first-order valence-corrected chi connectivity index (χ1v) is 10.0. The Hall–Kier alpha value is -1.73. The van der Waals surface area contributed by atoms with Gasteiger partial charge in [-0.05, 0) is 20.8 Å². The lowest BCUT2D eigenvalue weighted by Gasteiger charge is -2.16. The average Bonchev–Trinajstić information content (AvgIpc) is 2.42. The van der Waals surface area contributed by atoms with Gasteiger partial charge in [0.25, 0.3) is 0 Å². The van der Waals surface area contributed by atoms with Gasteiger partial charge in [-0.15, -0.1) is 0 Å². The largest absolute Gasteiger partial charge is 0.464 e. The maximum Gasteiger partial charge on any atom is 0.311 e. The van der Waals surface area contributed by atoms with Crippen LogP contribution in [0, 0.1) is 28.7 Å². The molecule has 0 aliphatic rings. The van der Waals surface area contributed by atoms with Gasteiger partial charge in [0, 0.05) is 0 Å². The molecule has 0 atom stereocenters. The Morgan fingerprint density at radius 1 is 0.923 bits per heavy atom. The van der Waals surface area contributed by atoms with Gasteiger partial charge in [0.05, 0.1) is 11.2 Å². The number of hydrogen-bond acceptors (Lipinski definition) is 6. The summed E-state index contributed by atoms with van der Waals surface area (Å²) >= 11 is 0. The molecule has 1 rings (SSSR count). The van der Waals surface area contributed by atoms with Crippen LogP contribution < -0.4 is 5.14 Å². The molecule has 0 heterocycles. The summed E-state index contributed by atoms with van der Waals surface area (Å²) in [6.07, 6.45) is 0. The first kappa shape index (κ1) is 22.3. The van der Waals surface area contributed by atoms with Crippen molar-refractivity contribution in [3.8, 4) is 0 Å². The van der Waals surface area contributed by atoms with Gasteiger partial charge in [-0.3, -0.25) is 4.79 Å². The monoisotopic (exact) mass is 421 g/mol. The number of rotatable bonds is 5. The maximum atomic E-state index is 13.9. The highest BCUT2D eigenvalue weighted by atomic mass is 32.2. The van der Waals surface area contributed by atoms with Gasteiger partial charge in [-0.25, -0.2) is 39.5 Å². The van der Waals surface area contributed by atoms with Gasteiger partial charge in [0.2, 0.25) is 10.0 Å². The van der Waals surface area contributed by atoms with E-state index in [0.717, 1.165) is 0 Å². The standard InChI is InChI=1S/C13H15F4NO6S2/c1-13(2,3)12(19)24-4-5-25(20,21)10-6(14)8(16)11(26(18,22)23)9(17)7(10)15/h4-5H2,1-3H3,(H2,18,22,23). The van der Waals surface area contributed by atoms with Gasteiger partial charge >= 0.3 is 5.97 Å². The fourth-order valence-electron chi connectivity index (χ4n) is 1.68. The Morgan fingerprint density at radius 3 is 1.65 bits per heavy atom. The Labute approximate surface area is 147 Å². The predicted molar refractivity (Wildman–Crippen MR) is 80.1 cm³/mol. The van der Waals surface area contributed by atoms with E-state index < -0.39 is 76.7 Å². The molecule has 1 aromatic carbocycles. The first-order valence-electron chi connectivity index (χ1n) is 6.80. The summed E-state index contributed by atoms with van der Waals surface area (Å²) in [4.78, 5) is 7.36. The Balaban J connectivity index is 3.33. The second-order valence-electron chi connectivity index (χ2n) is 6.16. The van der Waals surface area contributed by atoms with Gasteiger partial charge in [0.1, 0.15) is 11.5 Å². The summed E-state index contributed by atoms with van der Waals surface area (Å²) in [5.74, 6) is -11.9. The number of nitrogens with two attached hydrogens (primary N) is 1. The Kier molecular flexibility index (Phi) is 6.11. The zero-order valence-electron chi connectivity index (χ0n) is 13.8. The number of carbonyl (C=O) groups excluding carboxylic acids is 1. The van der Waals surface area contributed by atoms with Crippen molar-refractivity contribution < 1.29 is 43.9 Å². The summed E-state index contributed by atoms with van der Waals surface area (Å²) in [7, 11) is -10.2. The molecule has 0 saturated carbocycles. The summed E-state index contributed by atoms with van der Waals surface area (Å²) < 4.78 is 106. The van der Waals surface area contributed by atoms with Crippen molar-refractivity contribution in [1.82, 2.24) is 0 Å². The van der Waals surface area contributed by atoms with E-state index in [4.69, 9.17) is 0 Å². The number of halogens is 4. The van der Waals surface area contributed by atoms with E-state index in [1.54, 1.807) is 0 Å². The highest BCUT2D eigenvalue weighted by Gasteiger charge is 2.36. The van der Waals surface area contributed by atoms with Gasteiger partial charge in [-0.1, -0.05) is 0 Å². The topological polar surface area (TPSA) is 121 Å². The Bertz CT molecular complexity index is 923. The van der Waals surface area contributed by atoms with Gasteiger partial charge < -0.3 is 4.74 Å². The van der Waals surface area contributed by atoms with Crippen LogP contribution in [0.4, 0.5) is 17.6 Å². The van der Waals surface area contributed by atoms with Crippen molar-refractivity contribution >= 4 is 25.8 Å². The highest BCUT2D eigenvalue weighted by molar-refractivity contribution is 7.91. The molecular formula is C13H15F4NO6S2. The molecule has 7 nitrogen and oxygen atoms in total. The van der Waals surface area contributed by atoms with Crippen molar-refractivity contribution in [3.05, 3.63) is 23.3 Å². The van der Waals surface area contributed by atoms with E-state index in [-0.39, 0.29) is 0 Å². The van der Waals surface area contributed by atoms with Crippen LogP contribution in [0.1, 0.15) is 20.8 Å². The van der Waals surface area contributed by atoms with Gasteiger partial charge in [-0.2, -0.15) is 0 Å². The molecule has 0 fully saturated rings. The normalized spacial score (nSPS) is 12.9. The third-order valence-electron chi connectivity index (χ3n) is 2.98. The molecule has 13 heteroatoms. The molecule has 0 radical (unpaired) electrons. The molecule has 0 amide bonds. The van der Waals surface area contributed by atoms with Crippen molar-refractivity contribution in [2.24, 2.45) is 10.6 Å². The van der Waals surface area contributed by atoms with E-state index >= 15 is 0 Å². The van der Waals surface area contributed by atoms with Crippen LogP contribution in [-0.4, -0.2) is 35.2 Å². The van der Waals surface area contributed by atoms with Crippen LogP contribution in [0.3, 0.4) is 0 Å². The number of esters is 1. The van der Waals surface area contributed by atoms with E-state index in [0.29, 0.717) is 0 Å². The zero-order valence-corrected chi connectivity index (χ0v) is 15.4. The number of carbonyl (C=O) groups is 1. The lowest BCUT2D eigenvalue weighted by Crippen LogP contribution is -2.26. The molecule has 148 valence electrons. The van der Waals surface area contributed by atoms with Crippen LogP contribution in [0.15, 0.2) is 9.79 Å². The minimum Gasteiger partial charge on any atom is -0.464 e. The molecule has 1 aromatic rings. The number of benzene rings is 1. The molecular weight excluding hydrogens is 406 g/mol. The smallest absolute Gasteiger partial charge is 0.311 e. The fraction of sp³-hybridized carbons (Fsp3) is 0.462. The van der Waals surface area contributed by atoms with E-state index in [1.165, 1.54) is 20.8 Å². The van der Waals surface area contributed by atoms with Crippen LogP contribution in [0.2, 0.25) is 0 Å². The Morgan fingerprint density at radius 2 is 1.31 bits per heavy atom. The van der Waals surface area contributed by atoms with E-state index in [1.807, 2.05) is 0 Å². The molecule has 2 N–H and O–H groups in total. The van der Waals surface area contributed by atoms with E-state index in [9.17, 15) is 39.2 Å². The molecule has 0 bridgehead atoms. The number of sulfonamides is 1. The lowest BCUT2D eigenvalue weighted by atomic mass is 9.97. The predicted octanol–water partition coefficient (Wildman–Crippen LogP) is 1.25. The van der Waals surface area contributed by atoms with Crippen molar-refractivity contribution in [3.63, 3.8) is 0 Å². The lowest BCUT2D eigenvalue weighted by molar-refractivity contribution is -0.152. The molecule has 0 aromatic heterocycles. The summed E-state index contributed by atoms with van der Waals surface area (Å²) in [5.41, 5.74) is -0.990.